The Morgan fingerprint density at radius 2 is 1.77 bits per heavy atom. The molecule has 9 nitrogen and oxygen atoms in total. The molecule has 1 aliphatic heterocycles. The zero-order valence-corrected chi connectivity index (χ0v) is 23.0. The van der Waals surface area contributed by atoms with Crippen molar-refractivity contribution in [2.75, 3.05) is 18.6 Å². The fourth-order valence-electron chi connectivity index (χ4n) is 3.95. The summed E-state index contributed by atoms with van der Waals surface area (Å²) in [5.41, 5.74) is 2.75. The van der Waals surface area contributed by atoms with E-state index in [1.54, 1.807) is 12.1 Å². The van der Waals surface area contributed by atoms with Crippen LogP contribution in [-0.2, 0) is 20.9 Å². The molecule has 200 valence electrons. The topological polar surface area (TPSA) is 111 Å². The van der Waals surface area contributed by atoms with Gasteiger partial charge in [-0.3, -0.25) is 14.9 Å². The van der Waals surface area contributed by atoms with Crippen molar-refractivity contribution in [2.24, 2.45) is 0 Å². The molecule has 0 atom stereocenters. The molecule has 0 aromatic heterocycles. The van der Waals surface area contributed by atoms with Crippen molar-refractivity contribution < 1.29 is 33.4 Å². The molecular weight excluding hydrogens is 568 g/mol. The third-order valence-electron chi connectivity index (χ3n) is 5.76. The number of amides is 4. The number of nitrogens with zero attached hydrogens (tertiary/aromatic N) is 1. The van der Waals surface area contributed by atoms with Gasteiger partial charge in [-0.05, 0) is 83.4 Å². The van der Waals surface area contributed by atoms with Gasteiger partial charge in [-0.1, -0.05) is 29.8 Å². The van der Waals surface area contributed by atoms with Gasteiger partial charge in [-0.25, -0.2) is 14.5 Å². The van der Waals surface area contributed by atoms with Crippen molar-refractivity contribution in [3.8, 4) is 11.5 Å². The number of nitrogens with one attached hydrogen (secondary N) is 1. The van der Waals surface area contributed by atoms with Gasteiger partial charge in [-0.15, -0.1) is 0 Å². The van der Waals surface area contributed by atoms with Crippen LogP contribution in [0.15, 0.2) is 70.7 Å². The van der Waals surface area contributed by atoms with E-state index >= 15 is 0 Å². The van der Waals surface area contributed by atoms with Gasteiger partial charge in [0.05, 0.1) is 29.4 Å². The normalized spacial score (nSPS) is 14.3. The second-order valence-corrected chi connectivity index (χ2v) is 9.39. The number of benzene rings is 3. The number of halogens is 1. The first kappa shape index (κ1) is 27.6. The molecule has 1 heterocycles. The van der Waals surface area contributed by atoms with Crippen LogP contribution in [0.1, 0.15) is 34.0 Å². The van der Waals surface area contributed by atoms with Crippen molar-refractivity contribution in [2.45, 2.75) is 20.5 Å². The molecule has 0 radical (unpaired) electrons. The van der Waals surface area contributed by atoms with E-state index in [-0.39, 0.29) is 16.8 Å². The van der Waals surface area contributed by atoms with E-state index in [4.69, 9.17) is 9.47 Å². The van der Waals surface area contributed by atoms with Gasteiger partial charge in [0, 0.05) is 0 Å². The lowest BCUT2D eigenvalue weighted by atomic mass is 10.1. The summed E-state index contributed by atoms with van der Waals surface area (Å²) in [7, 11) is 1.25. The second kappa shape index (κ2) is 12.0. The molecule has 3 aromatic carbocycles. The van der Waals surface area contributed by atoms with Gasteiger partial charge in [0.2, 0.25) is 0 Å². The Balaban J connectivity index is 1.64. The first-order valence-corrected chi connectivity index (χ1v) is 12.8. The van der Waals surface area contributed by atoms with Crippen LogP contribution in [0.4, 0.5) is 10.5 Å². The predicted molar refractivity (Wildman–Crippen MR) is 148 cm³/mol. The molecular formula is C29H25BrN2O7. The van der Waals surface area contributed by atoms with E-state index in [0.29, 0.717) is 34.7 Å². The standard InChI is InChI=1S/C29H25BrN2O7/c1-4-38-24-15-19(14-23(30)25(24)39-16-18-7-5-6-17(2)12-18)13-22-26(33)31-29(36)32(27(22)34)21-10-8-20(9-11-21)28(35)37-3/h5-15H,4,16H2,1-3H3,(H,31,33,36)/b22-13+. The molecule has 1 saturated heterocycles. The maximum atomic E-state index is 13.3. The first-order chi connectivity index (χ1) is 18.7. The Kier molecular flexibility index (Phi) is 8.46. The summed E-state index contributed by atoms with van der Waals surface area (Å²) in [6, 6.07) is 16.1. The number of hydrogen-bond acceptors (Lipinski definition) is 7. The molecule has 0 bridgehead atoms. The predicted octanol–water partition coefficient (Wildman–Crippen LogP) is 5.19. The van der Waals surface area contributed by atoms with E-state index in [1.165, 1.54) is 37.5 Å². The number of urea groups is 1. The molecule has 1 N–H and O–H groups in total. The number of carbonyl (C=O) groups excluding carboxylic acids is 4. The molecule has 0 unspecified atom stereocenters. The van der Waals surface area contributed by atoms with Gasteiger partial charge in [0.15, 0.2) is 11.5 Å². The van der Waals surface area contributed by atoms with Crippen molar-refractivity contribution >= 4 is 51.5 Å². The van der Waals surface area contributed by atoms with Gasteiger partial charge < -0.3 is 14.2 Å². The first-order valence-electron chi connectivity index (χ1n) is 12.0. The molecule has 3 aromatic rings. The Bertz CT molecular complexity index is 1480. The van der Waals surface area contributed by atoms with Gasteiger partial charge >= 0.3 is 12.0 Å². The lowest BCUT2D eigenvalue weighted by Gasteiger charge is -2.26. The molecule has 4 amide bonds. The van der Waals surface area contributed by atoms with Gasteiger partial charge in [0.1, 0.15) is 12.2 Å². The molecule has 0 spiro atoms. The smallest absolute Gasteiger partial charge is 0.337 e. The number of ether oxygens (including phenoxy) is 3. The number of methoxy groups -OCH3 is 1. The fourth-order valence-corrected chi connectivity index (χ4v) is 4.53. The average molecular weight is 593 g/mol. The SMILES string of the molecule is CCOc1cc(/C=C2\C(=O)NC(=O)N(c3ccc(C(=O)OC)cc3)C2=O)cc(Br)c1OCc1cccc(C)c1. The van der Waals surface area contributed by atoms with Crippen LogP contribution in [0.25, 0.3) is 6.08 Å². The zero-order chi connectivity index (χ0) is 28.1. The number of esters is 1. The number of imide groups is 2. The van der Waals surface area contributed by atoms with E-state index in [1.807, 2.05) is 38.1 Å². The van der Waals surface area contributed by atoms with E-state index < -0.39 is 23.8 Å². The minimum Gasteiger partial charge on any atom is -0.490 e. The maximum absolute atomic E-state index is 13.3. The van der Waals surface area contributed by atoms with Crippen molar-refractivity contribution in [1.29, 1.82) is 0 Å². The van der Waals surface area contributed by atoms with Crippen LogP contribution < -0.4 is 19.7 Å². The van der Waals surface area contributed by atoms with E-state index in [0.717, 1.165) is 16.0 Å². The number of carbonyl (C=O) groups is 4. The van der Waals surface area contributed by atoms with Crippen LogP contribution in [0.5, 0.6) is 11.5 Å². The Labute approximate surface area is 233 Å². The lowest BCUT2D eigenvalue weighted by Crippen LogP contribution is -2.54. The van der Waals surface area contributed by atoms with Crippen LogP contribution >= 0.6 is 15.9 Å². The van der Waals surface area contributed by atoms with Crippen molar-refractivity contribution in [1.82, 2.24) is 5.32 Å². The minimum absolute atomic E-state index is 0.180. The quantitative estimate of drug-likeness (QED) is 0.218. The highest BCUT2D eigenvalue weighted by molar-refractivity contribution is 9.10. The van der Waals surface area contributed by atoms with Gasteiger partial charge in [-0.2, -0.15) is 0 Å². The largest absolute Gasteiger partial charge is 0.490 e. The highest BCUT2D eigenvalue weighted by atomic mass is 79.9. The third-order valence-corrected chi connectivity index (χ3v) is 6.35. The molecule has 1 aliphatic rings. The number of barbiturate groups is 1. The summed E-state index contributed by atoms with van der Waals surface area (Å²) in [6.45, 7) is 4.50. The molecule has 39 heavy (non-hydrogen) atoms. The van der Waals surface area contributed by atoms with Crippen LogP contribution in [0, 0.1) is 6.92 Å². The molecule has 10 heteroatoms. The Morgan fingerprint density at radius 3 is 2.44 bits per heavy atom. The number of aryl methyl sites for hydroxylation is 1. The van der Waals surface area contributed by atoms with Crippen LogP contribution in [0.2, 0.25) is 0 Å². The summed E-state index contributed by atoms with van der Waals surface area (Å²) < 4.78 is 17.1. The van der Waals surface area contributed by atoms with Crippen molar-refractivity contribution in [3.05, 3.63) is 93.0 Å². The highest BCUT2D eigenvalue weighted by Crippen LogP contribution is 2.38. The lowest BCUT2D eigenvalue weighted by molar-refractivity contribution is -0.122. The highest BCUT2D eigenvalue weighted by Gasteiger charge is 2.37. The van der Waals surface area contributed by atoms with Crippen LogP contribution in [0.3, 0.4) is 0 Å². The summed E-state index contributed by atoms with van der Waals surface area (Å²) in [5.74, 6) is -1.32. The second-order valence-electron chi connectivity index (χ2n) is 8.54. The summed E-state index contributed by atoms with van der Waals surface area (Å²) >= 11 is 3.51. The number of hydrogen-bond donors (Lipinski definition) is 1. The average Bonchev–Trinajstić information content (AvgIpc) is 2.90. The van der Waals surface area contributed by atoms with Gasteiger partial charge in [0.25, 0.3) is 11.8 Å². The summed E-state index contributed by atoms with van der Waals surface area (Å²) in [5, 5.41) is 2.19. The monoisotopic (exact) mass is 592 g/mol. The molecule has 0 aliphatic carbocycles. The van der Waals surface area contributed by atoms with E-state index in [2.05, 4.69) is 26.0 Å². The van der Waals surface area contributed by atoms with Crippen molar-refractivity contribution in [3.63, 3.8) is 0 Å². The number of rotatable bonds is 8. The third kappa shape index (κ3) is 6.18. The fraction of sp³-hybridized carbons (Fsp3) is 0.172. The minimum atomic E-state index is -0.899. The molecule has 1 fully saturated rings. The summed E-state index contributed by atoms with van der Waals surface area (Å²) in [4.78, 5) is 51.0. The maximum Gasteiger partial charge on any atom is 0.337 e. The Hall–Kier alpha value is -4.44. The Morgan fingerprint density at radius 1 is 1.03 bits per heavy atom. The van der Waals surface area contributed by atoms with E-state index in [9.17, 15) is 19.2 Å². The van der Waals surface area contributed by atoms with Crippen LogP contribution in [-0.4, -0.2) is 37.5 Å². The molecule has 4 rings (SSSR count). The summed E-state index contributed by atoms with van der Waals surface area (Å²) in [6.07, 6.45) is 1.37. The zero-order valence-electron chi connectivity index (χ0n) is 21.4. The number of anilines is 1. The molecule has 0 saturated carbocycles.